The van der Waals surface area contributed by atoms with Gasteiger partial charge >= 0.3 is 0 Å². The molecule has 78 valence electrons. The van der Waals surface area contributed by atoms with Crippen LogP contribution >= 0.6 is 22.6 Å². The molecule has 0 aliphatic rings. The van der Waals surface area contributed by atoms with Crippen molar-refractivity contribution in [3.05, 3.63) is 32.4 Å². The summed E-state index contributed by atoms with van der Waals surface area (Å²) in [4.78, 5) is 0. The molecule has 0 aromatic heterocycles. The molecule has 0 saturated carbocycles. The lowest BCUT2D eigenvalue weighted by atomic mass is 9.99. The van der Waals surface area contributed by atoms with E-state index < -0.39 is 6.10 Å². The molecule has 0 saturated heterocycles. The van der Waals surface area contributed by atoms with Crippen LogP contribution in [0.5, 0.6) is 0 Å². The molecule has 3 N–H and O–H groups in total. The maximum Gasteiger partial charge on any atom is 0.0704 e. The van der Waals surface area contributed by atoms with Gasteiger partial charge in [-0.25, -0.2) is 0 Å². The van der Waals surface area contributed by atoms with E-state index in [9.17, 15) is 5.11 Å². The van der Waals surface area contributed by atoms with Crippen molar-refractivity contribution >= 4 is 22.6 Å². The van der Waals surface area contributed by atoms with Gasteiger partial charge in [0, 0.05) is 3.57 Å². The molecule has 0 aliphatic carbocycles. The molecule has 0 bridgehead atoms. The van der Waals surface area contributed by atoms with Gasteiger partial charge in [-0.05, 0) is 60.1 Å². The molecule has 0 fully saturated rings. The van der Waals surface area contributed by atoms with Gasteiger partial charge in [0.1, 0.15) is 0 Å². The van der Waals surface area contributed by atoms with Crippen LogP contribution in [0.3, 0.4) is 0 Å². The minimum atomic E-state index is -0.506. The highest BCUT2D eigenvalue weighted by Gasteiger charge is 2.13. The number of aliphatic hydroxyl groups excluding tert-OH is 1. The third-order valence-electron chi connectivity index (χ3n) is 2.36. The van der Waals surface area contributed by atoms with Crippen LogP contribution in [0, 0.1) is 17.4 Å². The highest BCUT2D eigenvalue weighted by molar-refractivity contribution is 14.1. The van der Waals surface area contributed by atoms with Gasteiger partial charge in [-0.15, -0.1) is 0 Å². The lowest BCUT2D eigenvalue weighted by molar-refractivity contribution is 0.164. The topological polar surface area (TPSA) is 46.2 Å². The summed E-state index contributed by atoms with van der Waals surface area (Å²) in [6.45, 7) is 5.84. The Labute approximate surface area is 98.7 Å². The summed E-state index contributed by atoms with van der Waals surface area (Å²) in [5.74, 6) is 0. The largest absolute Gasteiger partial charge is 0.391 e. The molecule has 14 heavy (non-hydrogen) atoms. The summed E-state index contributed by atoms with van der Waals surface area (Å²) in [5, 5.41) is 9.40. The van der Waals surface area contributed by atoms with E-state index in [1.807, 2.05) is 12.1 Å². The molecule has 2 nitrogen and oxygen atoms in total. The Bertz CT molecular complexity index is 313. The highest BCUT2D eigenvalue weighted by atomic mass is 127. The second-order valence-corrected chi connectivity index (χ2v) is 4.81. The van der Waals surface area contributed by atoms with Crippen LogP contribution in [0.2, 0.25) is 0 Å². The monoisotopic (exact) mass is 305 g/mol. The van der Waals surface area contributed by atoms with Crippen molar-refractivity contribution in [1.29, 1.82) is 0 Å². The quantitative estimate of drug-likeness (QED) is 0.824. The fourth-order valence-electron chi connectivity index (χ4n) is 1.45. The standard InChI is InChI=1S/C11H16INO/c1-6-4-9(11(13)8(3)14)5-7(2)10(6)12/h4-5,8,11,14H,13H2,1-3H3/t8-,11-/m1/s1. The zero-order chi connectivity index (χ0) is 10.9. The molecule has 0 amide bonds. The number of nitrogens with two attached hydrogens (primary N) is 1. The summed E-state index contributed by atoms with van der Waals surface area (Å²) in [5.41, 5.74) is 9.32. The molecular formula is C11H16INO. The van der Waals surface area contributed by atoms with Crippen LogP contribution in [0.15, 0.2) is 12.1 Å². The van der Waals surface area contributed by atoms with Crippen molar-refractivity contribution in [2.24, 2.45) is 5.73 Å². The molecule has 3 heteroatoms. The smallest absolute Gasteiger partial charge is 0.0704 e. The van der Waals surface area contributed by atoms with Crippen LogP contribution in [0.25, 0.3) is 0 Å². The first-order valence-corrected chi connectivity index (χ1v) is 5.71. The van der Waals surface area contributed by atoms with E-state index >= 15 is 0 Å². The predicted octanol–water partition coefficient (Wildman–Crippen LogP) is 2.29. The van der Waals surface area contributed by atoms with E-state index in [-0.39, 0.29) is 6.04 Å². The summed E-state index contributed by atoms with van der Waals surface area (Å²) >= 11 is 2.32. The Morgan fingerprint density at radius 3 is 2.07 bits per heavy atom. The normalized spacial score (nSPS) is 15.3. The van der Waals surface area contributed by atoms with Crippen molar-refractivity contribution in [2.75, 3.05) is 0 Å². The third-order valence-corrected chi connectivity index (χ3v) is 4.06. The average Bonchev–Trinajstić information content (AvgIpc) is 2.12. The molecule has 0 heterocycles. The Hall–Kier alpha value is -0.130. The summed E-state index contributed by atoms with van der Waals surface area (Å²) in [6.07, 6.45) is -0.506. The lowest BCUT2D eigenvalue weighted by Gasteiger charge is -2.17. The Balaban J connectivity index is 3.12. The highest BCUT2D eigenvalue weighted by Crippen LogP contribution is 2.23. The molecule has 0 radical (unpaired) electrons. The van der Waals surface area contributed by atoms with E-state index in [0.717, 1.165) is 5.56 Å². The maximum absolute atomic E-state index is 9.40. The molecule has 2 atom stereocenters. The number of halogens is 1. The second-order valence-electron chi connectivity index (χ2n) is 3.74. The van der Waals surface area contributed by atoms with E-state index in [2.05, 4.69) is 36.4 Å². The van der Waals surface area contributed by atoms with E-state index in [4.69, 9.17) is 5.73 Å². The van der Waals surface area contributed by atoms with E-state index in [1.165, 1.54) is 14.7 Å². The minimum Gasteiger partial charge on any atom is -0.391 e. The van der Waals surface area contributed by atoms with Crippen LogP contribution < -0.4 is 5.73 Å². The third kappa shape index (κ3) is 2.46. The average molecular weight is 305 g/mol. The first kappa shape index (κ1) is 11.9. The van der Waals surface area contributed by atoms with Crippen LogP contribution in [0.1, 0.15) is 29.7 Å². The van der Waals surface area contributed by atoms with Gasteiger partial charge < -0.3 is 10.8 Å². The predicted molar refractivity (Wildman–Crippen MR) is 67.2 cm³/mol. The van der Waals surface area contributed by atoms with Crippen molar-refractivity contribution < 1.29 is 5.11 Å². The van der Waals surface area contributed by atoms with Gasteiger partial charge in [-0.1, -0.05) is 12.1 Å². The number of aryl methyl sites for hydroxylation is 2. The Morgan fingerprint density at radius 2 is 1.71 bits per heavy atom. The van der Waals surface area contributed by atoms with Crippen molar-refractivity contribution in [3.63, 3.8) is 0 Å². The molecular weight excluding hydrogens is 289 g/mol. The molecule has 1 aromatic carbocycles. The maximum atomic E-state index is 9.40. The van der Waals surface area contributed by atoms with Crippen molar-refractivity contribution in [2.45, 2.75) is 32.9 Å². The molecule has 0 unspecified atom stereocenters. The number of hydrogen-bond donors (Lipinski definition) is 2. The van der Waals surface area contributed by atoms with Gasteiger partial charge in [0.25, 0.3) is 0 Å². The minimum absolute atomic E-state index is 0.288. The molecule has 1 aromatic rings. The lowest BCUT2D eigenvalue weighted by Crippen LogP contribution is -2.23. The number of benzene rings is 1. The number of rotatable bonds is 2. The fraction of sp³-hybridized carbons (Fsp3) is 0.455. The van der Waals surface area contributed by atoms with E-state index in [0.29, 0.717) is 0 Å². The number of aliphatic hydroxyl groups is 1. The first-order valence-electron chi connectivity index (χ1n) is 4.63. The summed E-state index contributed by atoms with van der Waals surface area (Å²) in [7, 11) is 0. The number of hydrogen-bond acceptors (Lipinski definition) is 2. The molecule has 0 aliphatic heterocycles. The molecule has 0 spiro atoms. The van der Waals surface area contributed by atoms with Gasteiger partial charge in [0.15, 0.2) is 0 Å². The van der Waals surface area contributed by atoms with E-state index in [1.54, 1.807) is 6.92 Å². The Morgan fingerprint density at radius 1 is 1.29 bits per heavy atom. The van der Waals surface area contributed by atoms with Gasteiger partial charge in [0.05, 0.1) is 12.1 Å². The fourth-order valence-corrected chi connectivity index (χ4v) is 1.76. The van der Waals surface area contributed by atoms with Crippen LogP contribution in [-0.2, 0) is 0 Å². The van der Waals surface area contributed by atoms with Gasteiger partial charge in [-0.3, -0.25) is 0 Å². The van der Waals surface area contributed by atoms with Crippen molar-refractivity contribution in [1.82, 2.24) is 0 Å². The summed E-state index contributed by atoms with van der Waals surface area (Å²) in [6, 6.07) is 3.81. The van der Waals surface area contributed by atoms with Crippen LogP contribution in [-0.4, -0.2) is 11.2 Å². The second kappa shape index (κ2) is 4.59. The van der Waals surface area contributed by atoms with Crippen LogP contribution in [0.4, 0.5) is 0 Å². The zero-order valence-electron chi connectivity index (χ0n) is 8.71. The summed E-state index contributed by atoms with van der Waals surface area (Å²) < 4.78 is 1.27. The van der Waals surface area contributed by atoms with Gasteiger partial charge in [-0.2, -0.15) is 0 Å². The SMILES string of the molecule is Cc1cc([C@H](N)[C@@H](C)O)cc(C)c1I. The van der Waals surface area contributed by atoms with Gasteiger partial charge in [0.2, 0.25) is 0 Å². The Kier molecular flexibility index (Phi) is 3.92. The molecule has 1 rings (SSSR count). The zero-order valence-corrected chi connectivity index (χ0v) is 10.9. The first-order chi connectivity index (χ1) is 6.43. The van der Waals surface area contributed by atoms with Crippen molar-refractivity contribution in [3.8, 4) is 0 Å².